The molecule has 4 nitrogen and oxygen atoms in total. The quantitative estimate of drug-likeness (QED) is 0.812. The Morgan fingerprint density at radius 1 is 1.38 bits per heavy atom. The molecule has 0 radical (unpaired) electrons. The SMILES string of the molecule is CCOc1ccc(CC(=O)NC(C)(CN)C2CC2)cc1.Cl. The Hall–Kier alpha value is -1.26. The Bertz CT molecular complexity index is 460. The second-order valence-electron chi connectivity index (χ2n) is 5.70. The van der Waals surface area contributed by atoms with Crippen molar-refractivity contribution < 1.29 is 9.53 Å². The normalized spacial score (nSPS) is 16.5. The highest BCUT2D eigenvalue weighted by atomic mass is 35.5. The summed E-state index contributed by atoms with van der Waals surface area (Å²) in [6.45, 7) is 5.14. The Labute approximate surface area is 132 Å². The van der Waals surface area contributed by atoms with Gasteiger partial charge in [-0.1, -0.05) is 12.1 Å². The third kappa shape index (κ3) is 4.90. The van der Waals surface area contributed by atoms with E-state index >= 15 is 0 Å². The van der Waals surface area contributed by atoms with Gasteiger partial charge in [-0.2, -0.15) is 0 Å². The van der Waals surface area contributed by atoms with Crippen LogP contribution in [0.5, 0.6) is 5.75 Å². The molecule has 0 heterocycles. The zero-order chi connectivity index (χ0) is 14.6. The van der Waals surface area contributed by atoms with Crippen molar-refractivity contribution in [2.45, 2.75) is 38.6 Å². The van der Waals surface area contributed by atoms with Crippen molar-refractivity contribution in [3.8, 4) is 5.75 Å². The highest BCUT2D eigenvalue weighted by molar-refractivity contribution is 5.85. The number of hydrogen-bond donors (Lipinski definition) is 2. The van der Waals surface area contributed by atoms with Crippen LogP contribution in [0.1, 0.15) is 32.3 Å². The van der Waals surface area contributed by atoms with E-state index in [2.05, 4.69) is 5.32 Å². The molecule has 0 bridgehead atoms. The second-order valence-corrected chi connectivity index (χ2v) is 5.70. The van der Waals surface area contributed by atoms with Crippen LogP contribution < -0.4 is 15.8 Å². The third-order valence-electron chi connectivity index (χ3n) is 3.93. The fourth-order valence-corrected chi connectivity index (χ4v) is 2.46. The first-order valence-corrected chi connectivity index (χ1v) is 7.30. The van der Waals surface area contributed by atoms with E-state index < -0.39 is 0 Å². The zero-order valence-corrected chi connectivity index (χ0v) is 13.5. The van der Waals surface area contributed by atoms with Gasteiger partial charge in [0.25, 0.3) is 0 Å². The summed E-state index contributed by atoms with van der Waals surface area (Å²) in [5.74, 6) is 1.41. The lowest BCUT2D eigenvalue weighted by Crippen LogP contribution is -2.53. The van der Waals surface area contributed by atoms with Crippen molar-refractivity contribution in [1.82, 2.24) is 5.32 Å². The van der Waals surface area contributed by atoms with Gasteiger partial charge in [-0.05, 0) is 50.3 Å². The van der Waals surface area contributed by atoms with Gasteiger partial charge in [-0.15, -0.1) is 12.4 Å². The molecule has 1 aliphatic carbocycles. The number of amides is 1. The lowest BCUT2D eigenvalue weighted by molar-refractivity contribution is -0.122. The molecule has 1 aliphatic rings. The van der Waals surface area contributed by atoms with E-state index in [1.54, 1.807) is 0 Å². The van der Waals surface area contributed by atoms with Crippen LogP contribution in [-0.2, 0) is 11.2 Å². The van der Waals surface area contributed by atoms with E-state index in [0.29, 0.717) is 25.5 Å². The van der Waals surface area contributed by atoms with E-state index in [9.17, 15) is 4.79 Å². The number of nitrogens with one attached hydrogen (secondary N) is 1. The van der Waals surface area contributed by atoms with Crippen LogP contribution in [0, 0.1) is 5.92 Å². The number of carbonyl (C=O) groups excluding carboxylic acids is 1. The largest absolute Gasteiger partial charge is 0.494 e. The van der Waals surface area contributed by atoms with Gasteiger partial charge in [0, 0.05) is 6.54 Å². The summed E-state index contributed by atoms with van der Waals surface area (Å²) in [6, 6.07) is 7.66. The minimum absolute atomic E-state index is 0. The first kappa shape index (κ1) is 17.8. The zero-order valence-electron chi connectivity index (χ0n) is 12.7. The third-order valence-corrected chi connectivity index (χ3v) is 3.93. The maximum Gasteiger partial charge on any atom is 0.224 e. The van der Waals surface area contributed by atoms with E-state index in [1.165, 1.54) is 0 Å². The van der Waals surface area contributed by atoms with Crippen LogP contribution in [0.2, 0.25) is 0 Å². The maximum absolute atomic E-state index is 12.1. The van der Waals surface area contributed by atoms with Crippen LogP contribution in [0.15, 0.2) is 24.3 Å². The second kappa shape index (κ2) is 7.66. The predicted octanol–water partition coefficient (Wildman–Crippen LogP) is 2.29. The first-order valence-electron chi connectivity index (χ1n) is 7.30. The molecule has 0 saturated heterocycles. The van der Waals surface area contributed by atoms with Crippen LogP contribution in [0.3, 0.4) is 0 Å². The summed E-state index contributed by atoms with van der Waals surface area (Å²) >= 11 is 0. The molecule has 21 heavy (non-hydrogen) atoms. The van der Waals surface area contributed by atoms with E-state index in [-0.39, 0.29) is 23.9 Å². The van der Waals surface area contributed by atoms with Gasteiger partial charge in [-0.25, -0.2) is 0 Å². The number of carbonyl (C=O) groups is 1. The smallest absolute Gasteiger partial charge is 0.224 e. The first-order chi connectivity index (χ1) is 9.57. The number of nitrogens with two attached hydrogens (primary N) is 1. The van der Waals surface area contributed by atoms with Crippen LogP contribution in [0.4, 0.5) is 0 Å². The maximum atomic E-state index is 12.1. The fourth-order valence-electron chi connectivity index (χ4n) is 2.46. The van der Waals surface area contributed by atoms with Crippen molar-refractivity contribution in [3.63, 3.8) is 0 Å². The van der Waals surface area contributed by atoms with E-state index in [4.69, 9.17) is 10.5 Å². The molecule has 1 fully saturated rings. The molecule has 0 aromatic heterocycles. The van der Waals surface area contributed by atoms with Gasteiger partial charge in [0.1, 0.15) is 5.75 Å². The molecular weight excluding hydrogens is 288 g/mol. The summed E-state index contributed by atoms with van der Waals surface area (Å²) in [4.78, 5) is 12.1. The summed E-state index contributed by atoms with van der Waals surface area (Å²) in [5, 5.41) is 3.10. The van der Waals surface area contributed by atoms with Gasteiger partial charge >= 0.3 is 0 Å². The number of benzene rings is 1. The lowest BCUT2D eigenvalue weighted by Gasteiger charge is -2.29. The van der Waals surface area contributed by atoms with Crippen molar-refractivity contribution in [3.05, 3.63) is 29.8 Å². The molecule has 2 rings (SSSR count). The van der Waals surface area contributed by atoms with Gasteiger partial charge in [0.2, 0.25) is 5.91 Å². The van der Waals surface area contributed by atoms with Gasteiger partial charge < -0.3 is 15.8 Å². The highest BCUT2D eigenvalue weighted by Crippen LogP contribution is 2.38. The van der Waals surface area contributed by atoms with Crippen molar-refractivity contribution in [2.75, 3.05) is 13.2 Å². The summed E-state index contributed by atoms with van der Waals surface area (Å²) < 4.78 is 5.39. The lowest BCUT2D eigenvalue weighted by atomic mass is 9.95. The average Bonchev–Trinajstić information content (AvgIpc) is 3.26. The van der Waals surface area contributed by atoms with Crippen molar-refractivity contribution in [2.24, 2.45) is 11.7 Å². The molecule has 1 atom stereocenters. The van der Waals surface area contributed by atoms with Crippen LogP contribution in [-0.4, -0.2) is 24.6 Å². The summed E-state index contributed by atoms with van der Waals surface area (Å²) in [7, 11) is 0. The molecule has 0 aliphatic heterocycles. The molecule has 1 amide bonds. The van der Waals surface area contributed by atoms with E-state index in [1.807, 2.05) is 38.1 Å². The molecular formula is C16H25ClN2O2. The Morgan fingerprint density at radius 2 is 2.00 bits per heavy atom. The molecule has 5 heteroatoms. The Balaban J connectivity index is 0.00000220. The van der Waals surface area contributed by atoms with Crippen molar-refractivity contribution >= 4 is 18.3 Å². The number of ether oxygens (including phenoxy) is 1. The Morgan fingerprint density at radius 3 is 2.48 bits per heavy atom. The molecule has 1 aromatic rings. The number of hydrogen-bond acceptors (Lipinski definition) is 3. The molecule has 1 aromatic carbocycles. The monoisotopic (exact) mass is 312 g/mol. The standard InChI is InChI=1S/C16H24N2O2.ClH/c1-3-20-14-8-4-12(5-9-14)10-15(19)18-16(2,11-17)13-6-7-13;/h4-5,8-9,13H,3,6-7,10-11,17H2,1-2H3,(H,18,19);1H. The number of halogens is 1. The highest BCUT2D eigenvalue weighted by Gasteiger charge is 2.41. The molecule has 1 saturated carbocycles. The molecule has 1 unspecified atom stereocenters. The van der Waals surface area contributed by atoms with Gasteiger partial charge in [0.05, 0.1) is 18.6 Å². The summed E-state index contributed by atoms with van der Waals surface area (Å²) in [5.41, 5.74) is 6.55. The van der Waals surface area contributed by atoms with E-state index in [0.717, 1.165) is 24.2 Å². The molecule has 118 valence electrons. The summed E-state index contributed by atoms with van der Waals surface area (Å²) in [6.07, 6.45) is 2.71. The number of rotatable bonds is 7. The Kier molecular flexibility index (Phi) is 6.49. The molecule has 0 spiro atoms. The average molecular weight is 313 g/mol. The van der Waals surface area contributed by atoms with Gasteiger partial charge in [0.15, 0.2) is 0 Å². The minimum atomic E-state index is -0.248. The topological polar surface area (TPSA) is 64.3 Å². The minimum Gasteiger partial charge on any atom is -0.494 e. The molecule has 3 N–H and O–H groups in total. The fraction of sp³-hybridized carbons (Fsp3) is 0.562. The van der Waals surface area contributed by atoms with Crippen molar-refractivity contribution in [1.29, 1.82) is 0 Å². The van der Waals surface area contributed by atoms with Crippen LogP contribution in [0.25, 0.3) is 0 Å². The van der Waals surface area contributed by atoms with Gasteiger partial charge in [-0.3, -0.25) is 4.79 Å². The predicted molar refractivity (Wildman–Crippen MR) is 86.9 cm³/mol. The van der Waals surface area contributed by atoms with Crippen LogP contribution >= 0.6 is 12.4 Å².